The zero-order chi connectivity index (χ0) is 21.1. The second-order valence-corrected chi connectivity index (χ2v) is 8.24. The number of fused-ring (bicyclic) bond motifs is 4. The van der Waals surface area contributed by atoms with E-state index in [1.165, 1.54) is 18.2 Å². The molecule has 2 aromatic heterocycles. The fraction of sp³-hybridized carbons (Fsp3) is 0.118. The molecule has 0 aliphatic heterocycles. The monoisotopic (exact) mass is 428 g/mol. The van der Waals surface area contributed by atoms with E-state index in [-0.39, 0.29) is 11.6 Å². The van der Waals surface area contributed by atoms with E-state index in [2.05, 4.69) is 0 Å². The van der Waals surface area contributed by atoms with Crippen molar-refractivity contribution in [1.29, 1.82) is 0 Å². The summed E-state index contributed by atoms with van der Waals surface area (Å²) in [5.74, 6) is -0.513. The Morgan fingerprint density at radius 3 is 1.93 bits per heavy atom. The molecule has 0 N–H and O–H groups in total. The fourth-order valence-electron chi connectivity index (χ4n) is 3.15. The van der Waals surface area contributed by atoms with Crippen LogP contribution in [-0.4, -0.2) is 4.57 Å². The van der Waals surface area contributed by atoms with Crippen LogP contribution in [0.1, 0.15) is 0 Å². The van der Waals surface area contributed by atoms with Crippen molar-refractivity contribution in [1.82, 2.24) is 4.57 Å². The Hall–Kier alpha value is -2.48. The predicted molar refractivity (Wildman–Crippen MR) is 92.6 cm³/mol. The molecule has 0 radical (unpaired) electrons. The zero-order valence-electron chi connectivity index (χ0n) is 14.4. The van der Waals surface area contributed by atoms with Crippen LogP contribution in [0.2, 0.25) is 0 Å². The Labute approximate surface area is 152 Å². The molecule has 0 atom stereocenters. The van der Waals surface area contributed by atoms with Crippen molar-refractivity contribution in [3.05, 3.63) is 54.1 Å². The Bertz CT molecular complexity index is 1230. The molecule has 0 aliphatic carbocycles. The van der Waals surface area contributed by atoms with Gasteiger partial charge in [-0.3, -0.25) is 0 Å². The molecule has 0 bridgehead atoms. The van der Waals surface area contributed by atoms with Gasteiger partial charge in [-0.05, 0) is 36.4 Å². The van der Waals surface area contributed by atoms with Crippen LogP contribution in [0.15, 0.2) is 42.5 Å². The van der Waals surface area contributed by atoms with Gasteiger partial charge in [-0.25, -0.2) is 8.78 Å². The Balaban J connectivity index is 0.000000279. The van der Waals surface area contributed by atoms with Crippen molar-refractivity contribution in [2.75, 3.05) is 0 Å². The van der Waals surface area contributed by atoms with E-state index < -0.39 is 7.81 Å². The van der Waals surface area contributed by atoms with Gasteiger partial charge in [-0.2, -0.15) is 4.57 Å². The van der Waals surface area contributed by atoms with Crippen molar-refractivity contribution >= 4 is 40.6 Å². The first-order valence-corrected chi connectivity index (χ1v) is 9.76. The van der Waals surface area contributed by atoms with Crippen LogP contribution in [0.4, 0.5) is 34.0 Å². The summed E-state index contributed by atoms with van der Waals surface area (Å²) in [5, 5.41) is 1.69. The van der Waals surface area contributed by atoms with Crippen LogP contribution >= 0.6 is 7.81 Å². The van der Waals surface area contributed by atoms with Crippen LogP contribution in [-0.2, 0) is 14.1 Å². The Kier molecular flexibility index (Phi) is 4.00. The molecule has 0 unspecified atom stereocenters. The summed E-state index contributed by atoms with van der Waals surface area (Å²) >= 11 is 0. The molecule has 2 heterocycles. The average molecular weight is 428 g/mol. The maximum atomic E-state index is 13.6. The van der Waals surface area contributed by atoms with Gasteiger partial charge in [0.25, 0.3) is 0 Å². The summed E-state index contributed by atoms with van der Waals surface area (Å²) in [5.41, 5.74) is 3.78. The third-order valence-corrected chi connectivity index (χ3v) is 4.16. The molecule has 4 rings (SSSR count). The first kappa shape index (κ1) is 20.3. The molecule has 0 saturated heterocycles. The minimum atomic E-state index is -10.7. The van der Waals surface area contributed by atoms with Gasteiger partial charge in [0.05, 0.1) is 16.3 Å². The van der Waals surface area contributed by atoms with Gasteiger partial charge in [0, 0.05) is 13.1 Å². The fourth-order valence-corrected chi connectivity index (χ4v) is 3.15. The van der Waals surface area contributed by atoms with Crippen molar-refractivity contribution in [2.45, 2.75) is 0 Å². The van der Waals surface area contributed by atoms with Crippen molar-refractivity contribution in [3.8, 4) is 0 Å². The van der Waals surface area contributed by atoms with Crippen LogP contribution in [0.5, 0.6) is 0 Å². The van der Waals surface area contributed by atoms with E-state index in [0.29, 0.717) is 0 Å². The third-order valence-electron chi connectivity index (χ3n) is 4.16. The number of hydrogen-bond acceptors (Lipinski definition) is 0. The molecule has 2 aromatic carbocycles. The average Bonchev–Trinajstić information content (AvgIpc) is 2.76. The number of aromatic nitrogens is 2. The van der Waals surface area contributed by atoms with Crippen LogP contribution in [0.3, 0.4) is 0 Å². The second-order valence-electron chi connectivity index (χ2n) is 6.32. The quantitative estimate of drug-likeness (QED) is 0.163. The number of nitrogens with zero attached hydrogens (tertiary/aromatic N) is 2. The number of hydrogen-bond donors (Lipinski definition) is 0. The number of pyridine rings is 1. The molecule has 0 aliphatic rings. The van der Waals surface area contributed by atoms with E-state index in [1.54, 1.807) is 18.2 Å². The van der Waals surface area contributed by atoms with E-state index in [1.807, 2.05) is 29.3 Å². The Morgan fingerprint density at radius 1 is 0.786 bits per heavy atom. The van der Waals surface area contributed by atoms with E-state index in [4.69, 9.17) is 0 Å². The second kappa shape index (κ2) is 5.53. The zero-order valence-corrected chi connectivity index (χ0v) is 15.3. The third kappa shape index (κ3) is 4.49. The number of halogens is 8. The van der Waals surface area contributed by atoms with Gasteiger partial charge in [0.15, 0.2) is 0 Å². The number of rotatable bonds is 0. The SMILES string of the molecule is Cn1c2ccc(F)cc2c2c1cc1cc(F)ccc1[n+]2C.F[P-](F)(F)(F)(F)F. The topological polar surface area (TPSA) is 8.81 Å². The summed E-state index contributed by atoms with van der Waals surface area (Å²) < 4.78 is 90.3. The van der Waals surface area contributed by atoms with Crippen molar-refractivity contribution in [3.63, 3.8) is 0 Å². The van der Waals surface area contributed by atoms with Crippen LogP contribution in [0.25, 0.3) is 32.8 Å². The maximum absolute atomic E-state index is 13.6. The van der Waals surface area contributed by atoms with Crippen LogP contribution < -0.4 is 4.57 Å². The van der Waals surface area contributed by atoms with Crippen molar-refractivity contribution in [2.24, 2.45) is 14.1 Å². The summed E-state index contributed by atoms with van der Waals surface area (Å²) in [6.45, 7) is 0. The van der Waals surface area contributed by atoms with Gasteiger partial charge in [-0.1, -0.05) is 0 Å². The summed E-state index contributed by atoms with van der Waals surface area (Å²) in [4.78, 5) is 0. The first-order chi connectivity index (χ1) is 12.5. The molecule has 0 amide bonds. The van der Waals surface area contributed by atoms with E-state index in [9.17, 15) is 34.0 Å². The van der Waals surface area contributed by atoms with Gasteiger partial charge in [-0.15, -0.1) is 0 Å². The van der Waals surface area contributed by atoms with E-state index >= 15 is 0 Å². The summed E-state index contributed by atoms with van der Waals surface area (Å²) in [6.07, 6.45) is 0. The van der Waals surface area contributed by atoms with Crippen molar-refractivity contribution < 1.29 is 38.5 Å². The molecule has 152 valence electrons. The van der Waals surface area contributed by atoms with Crippen LogP contribution in [0, 0.1) is 11.6 Å². The summed E-state index contributed by atoms with van der Waals surface area (Å²) in [6, 6.07) is 11.4. The summed E-state index contributed by atoms with van der Waals surface area (Å²) in [7, 11) is -6.80. The van der Waals surface area contributed by atoms with Gasteiger partial charge in [0.1, 0.15) is 24.2 Å². The van der Waals surface area contributed by atoms with E-state index in [0.717, 1.165) is 32.8 Å². The number of aryl methyl sites for hydroxylation is 2. The predicted octanol–water partition coefficient (Wildman–Crippen LogP) is 6.97. The standard InChI is InChI=1S/C17H13F2N2.F6P/c1-20-15-6-4-12(19)9-13(15)17-16(20)8-10-7-11(18)3-5-14(10)21(17)2;1-7(2,3,4,5)6/h3-9H,1-2H3;/q+1;-1. The molecule has 0 spiro atoms. The molecule has 2 nitrogen and oxygen atoms in total. The Morgan fingerprint density at radius 2 is 1.32 bits per heavy atom. The molecule has 11 heteroatoms. The molecule has 4 aromatic rings. The first-order valence-electron chi connectivity index (χ1n) is 7.73. The molecular weight excluding hydrogens is 415 g/mol. The normalized spacial score (nSPS) is 14.6. The minimum absolute atomic E-state index is 0.255. The molecule has 0 saturated carbocycles. The van der Waals surface area contributed by atoms with Gasteiger partial charge < -0.3 is 4.57 Å². The number of benzene rings is 2. The molecular formula is C17H13F8N2P. The van der Waals surface area contributed by atoms with Gasteiger partial charge >= 0.3 is 33.0 Å². The van der Waals surface area contributed by atoms with Gasteiger partial charge in [0.2, 0.25) is 11.0 Å². The molecule has 28 heavy (non-hydrogen) atoms. The molecule has 0 fully saturated rings.